The molecule has 1 heterocycles. The van der Waals surface area contributed by atoms with E-state index >= 15 is 0 Å². The standard InChI is InChI=1S/C15H23N3O4S2.ClH/c1-11-10-16-8-7-15(11)18-24(21,22)14-4-2-3-13(9-14)23(19,20)17-12-5-6-12;/h2-4,9,11-12,15-18H,5-8,10H2,1H3;1H. The minimum atomic E-state index is -3.76. The van der Waals surface area contributed by atoms with Crippen molar-refractivity contribution in [3.8, 4) is 0 Å². The lowest BCUT2D eigenvalue weighted by atomic mass is 9.97. The van der Waals surface area contributed by atoms with Crippen LogP contribution in [0.3, 0.4) is 0 Å². The number of hydrogen-bond acceptors (Lipinski definition) is 5. The Hall–Kier alpha value is -0.710. The highest BCUT2D eigenvalue weighted by Crippen LogP contribution is 2.23. The van der Waals surface area contributed by atoms with Crippen LogP contribution in [0.25, 0.3) is 0 Å². The van der Waals surface area contributed by atoms with Crippen molar-refractivity contribution in [3.05, 3.63) is 24.3 Å². The maximum atomic E-state index is 12.6. The maximum absolute atomic E-state index is 12.6. The van der Waals surface area contributed by atoms with Gasteiger partial charge in [-0.15, -0.1) is 12.4 Å². The molecule has 10 heteroatoms. The molecule has 1 aliphatic heterocycles. The monoisotopic (exact) mass is 409 g/mol. The summed E-state index contributed by atoms with van der Waals surface area (Å²) >= 11 is 0. The zero-order chi connectivity index (χ0) is 17.4. The van der Waals surface area contributed by atoms with Crippen LogP contribution in [0.1, 0.15) is 26.2 Å². The van der Waals surface area contributed by atoms with E-state index in [1.165, 1.54) is 24.3 Å². The molecule has 7 nitrogen and oxygen atoms in total. The van der Waals surface area contributed by atoms with Gasteiger partial charge < -0.3 is 5.32 Å². The molecule has 3 N–H and O–H groups in total. The van der Waals surface area contributed by atoms with Crippen LogP contribution in [-0.2, 0) is 20.0 Å². The molecule has 0 bridgehead atoms. The fraction of sp³-hybridized carbons (Fsp3) is 0.600. The third-order valence-corrected chi connectivity index (χ3v) is 7.42. The molecule has 0 aromatic heterocycles. The van der Waals surface area contributed by atoms with Gasteiger partial charge in [0.2, 0.25) is 20.0 Å². The fourth-order valence-corrected chi connectivity index (χ4v) is 5.60. The van der Waals surface area contributed by atoms with Crippen molar-refractivity contribution in [2.45, 2.75) is 48.1 Å². The SMILES string of the molecule is CC1CNCCC1NS(=O)(=O)c1cccc(S(=O)(=O)NC2CC2)c1.Cl. The van der Waals surface area contributed by atoms with Gasteiger partial charge in [0.05, 0.1) is 9.79 Å². The second-order valence-electron chi connectivity index (χ2n) is 6.57. The van der Waals surface area contributed by atoms with E-state index in [9.17, 15) is 16.8 Å². The molecule has 1 saturated carbocycles. The van der Waals surface area contributed by atoms with Gasteiger partial charge in [-0.1, -0.05) is 13.0 Å². The third-order valence-electron chi connectivity index (χ3n) is 4.42. The second-order valence-corrected chi connectivity index (χ2v) is 10.00. The molecule has 1 aromatic rings. The average Bonchev–Trinajstić information content (AvgIpc) is 3.33. The maximum Gasteiger partial charge on any atom is 0.240 e. The average molecular weight is 410 g/mol. The molecule has 2 unspecified atom stereocenters. The van der Waals surface area contributed by atoms with E-state index in [0.29, 0.717) is 6.42 Å². The molecular formula is C15H24ClN3O4S2. The van der Waals surface area contributed by atoms with Gasteiger partial charge in [0.1, 0.15) is 0 Å². The second kappa shape index (κ2) is 7.89. The van der Waals surface area contributed by atoms with Crippen LogP contribution in [-0.4, -0.2) is 42.0 Å². The van der Waals surface area contributed by atoms with Gasteiger partial charge in [0, 0.05) is 12.1 Å². The van der Waals surface area contributed by atoms with E-state index in [2.05, 4.69) is 14.8 Å². The summed E-state index contributed by atoms with van der Waals surface area (Å²) in [5, 5.41) is 3.22. The lowest BCUT2D eigenvalue weighted by Crippen LogP contribution is -2.48. The Kier molecular flexibility index (Phi) is 6.50. The van der Waals surface area contributed by atoms with Crippen molar-refractivity contribution in [3.63, 3.8) is 0 Å². The lowest BCUT2D eigenvalue weighted by Gasteiger charge is -2.30. The van der Waals surface area contributed by atoms with Crippen LogP contribution in [0.5, 0.6) is 0 Å². The summed E-state index contributed by atoms with van der Waals surface area (Å²) in [6.07, 6.45) is 2.36. The highest BCUT2D eigenvalue weighted by atomic mass is 35.5. The van der Waals surface area contributed by atoms with Crippen LogP contribution in [0, 0.1) is 5.92 Å². The zero-order valence-corrected chi connectivity index (χ0v) is 16.4. The first-order valence-electron chi connectivity index (χ1n) is 8.13. The van der Waals surface area contributed by atoms with Crippen molar-refractivity contribution >= 4 is 32.5 Å². The summed E-state index contributed by atoms with van der Waals surface area (Å²) in [5.74, 6) is 0.178. The van der Waals surface area contributed by atoms with Gasteiger partial charge in [0.15, 0.2) is 0 Å². The fourth-order valence-electron chi connectivity index (χ4n) is 2.75. The molecule has 142 valence electrons. The highest BCUT2D eigenvalue weighted by Gasteiger charge is 2.30. The Labute approximate surface area is 155 Å². The number of benzene rings is 1. The number of hydrogen-bond donors (Lipinski definition) is 3. The number of nitrogens with one attached hydrogen (secondary N) is 3. The largest absolute Gasteiger partial charge is 0.316 e. The van der Waals surface area contributed by atoms with Gasteiger partial charge in [-0.05, 0) is 56.5 Å². The third kappa shape index (κ3) is 5.15. The summed E-state index contributed by atoms with van der Waals surface area (Å²) in [7, 11) is -7.43. The van der Waals surface area contributed by atoms with Gasteiger partial charge in [-0.2, -0.15) is 0 Å². The first-order chi connectivity index (χ1) is 11.3. The van der Waals surface area contributed by atoms with E-state index in [4.69, 9.17) is 0 Å². The van der Waals surface area contributed by atoms with Crippen LogP contribution >= 0.6 is 12.4 Å². The Morgan fingerprint density at radius 3 is 2.16 bits per heavy atom. The summed E-state index contributed by atoms with van der Waals surface area (Å²) in [5.41, 5.74) is 0. The Morgan fingerprint density at radius 2 is 1.60 bits per heavy atom. The Morgan fingerprint density at radius 1 is 1.00 bits per heavy atom. The molecule has 0 radical (unpaired) electrons. The van der Waals surface area contributed by atoms with E-state index in [1.54, 1.807) is 0 Å². The molecule has 3 rings (SSSR count). The number of rotatable bonds is 6. The van der Waals surface area contributed by atoms with Crippen molar-refractivity contribution in [2.24, 2.45) is 5.92 Å². The summed E-state index contributed by atoms with van der Waals surface area (Å²) in [6.45, 7) is 3.50. The first kappa shape index (κ1) is 20.6. The normalized spacial score (nSPS) is 24.5. The van der Waals surface area contributed by atoms with E-state index < -0.39 is 20.0 Å². The summed E-state index contributed by atoms with van der Waals surface area (Å²) < 4.78 is 55.0. The highest BCUT2D eigenvalue weighted by molar-refractivity contribution is 7.90. The van der Waals surface area contributed by atoms with Gasteiger partial charge >= 0.3 is 0 Å². The summed E-state index contributed by atoms with van der Waals surface area (Å²) in [4.78, 5) is -0.0393. The summed E-state index contributed by atoms with van der Waals surface area (Å²) in [6, 6.07) is 5.34. The smallest absolute Gasteiger partial charge is 0.240 e. The number of sulfonamides is 2. The van der Waals surface area contributed by atoms with E-state index in [1.807, 2.05) is 6.92 Å². The molecule has 2 atom stereocenters. The molecule has 2 fully saturated rings. The van der Waals surface area contributed by atoms with Crippen LogP contribution < -0.4 is 14.8 Å². The molecular weight excluding hydrogens is 386 g/mol. The molecule has 0 amide bonds. The van der Waals surface area contributed by atoms with Crippen molar-refractivity contribution in [1.82, 2.24) is 14.8 Å². The molecule has 25 heavy (non-hydrogen) atoms. The Balaban J connectivity index is 0.00000225. The molecule has 1 aromatic carbocycles. The van der Waals surface area contributed by atoms with Crippen molar-refractivity contribution in [1.29, 1.82) is 0 Å². The van der Waals surface area contributed by atoms with Crippen LogP contribution in [0.15, 0.2) is 34.1 Å². The topological polar surface area (TPSA) is 104 Å². The van der Waals surface area contributed by atoms with Gasteiger partial charge in [-0.3, -0.25) is 0 Å². The quantitative estimate of drug-likeness (QED) is 0.645. The van der Waals surface area contributed by atoms with Crippen molar-refractivity contribution < 1.29 is 16.8 Å². The molecule has 1 aliphatic carbocycles. The Bertz CT molecular complexity index is 810. The zero-order valence-electron chi connectivity index (χ0n) is 13.9. The van der Waals surface area contributed by atoms with Gasteiger partial charge in [0.25, 0.3) is 0 Å². The molecule has 1 saturated heterocycles. The first-order valence-corrected chi connectivity index (χ1v) is 11.1. The number of halogens is 1. The predicted octanol–water partition coefficient (Wildman–Crippen LogP) is 0.825. The molecule has 0 spiro atoms. The van der Waals surface area contributed by atoms with E-state index in [0.717, 1.165) is 25.9 Å². The minimum absolute atomic E-state index is 0. The lowest BCUT2D eigenvalue weighted by molar-refractivity contribution is 0.328. The van der Waals surface area contributed by atoms with Crippen LogP contribution in [0.2, 0.25) is 0 Å². The molecule has 2 aliphatic rings. The number of piperidine rings is 1. The predicted molar refractivity (Wildman–Crippen MR) is 97.8 cm³/mol. The van der Waals surface area contributed by atoms with Crippen LogP contribution in [0.4, 0.5) is 0 Å². The van der Waals surface area contributed by atoms with Crippen molar-refractivity contribution in [2.75, 3.05) is 13.1 Å². The van der Waals surface area contributed by atoms with E-state index in [-0.39, 0.29) is 40.2 Å². The minimum Gasteiger partial charge on any atom is -0.316 e. The van der Waals surface area contributed by atoms with Gasteiger partial charge in [-0.25, -0.2) is 26.3 Å².